The van der Waals surface area contributed by atoms with Gasteiger partial charge in [0.15, 0.2) is 0 Å². The van der Waals surface area contributed by atoms with E-state index in [4.69, 9.17) is 11.5 Å². The molecule has 0 saturated carbocycles. The molecule has 0 aliphatic carbocycles. The minimum atomic E-state index is 0.0532. The molecule has 4 nitrogen and oxygen atoms in total. The van der Waals surface area contributed by atoms with Crippen molar-refractivity contribution in [2.24, 2.45) is 16.6 Å². The van der Waals surface area contributed by atoms with Gasteiger partial charge in [0.25, 0.3) is 0 Å². The molecule has 5 N–H and O–H groups in total. The van der Waals surface area contributed by atoms with Gasteiger partial charge in [0.2, 0.25) is 5.96 Å². The third-order valence-corrected chi connectivity index (χ3v) is 0.241. The molecule has 0 spiro atoms. The second-order valence-corrected chi connectivity index (χ2v) is 0.760. The zero-order valence-electron chi connectivity index (χ0n) is 3.60. The number of hydrogen-bond donors (Lipinski definition) is 3. The van der Waals surface area contributed by atoms with Gasteiger partial charge in [-0.05, 0) is 0 Å². The minimum absolute atomic E-state index is 0.0532. The highest BCUT2D eigenvalue weighted by atomic mass is 15.3. The first-order valence-electron chi connectivity index (χ1n) is 1.52. The van der Waals surface area contributed by atoms with Gasteiger partial charge in [0.1, 0.15) is 0 Å². The zero-order chi connectivity index (χ0) is 4.99. The minimum Gasteiger partial charge on any atom is -0.369 e. The van der Waals surface area contributed by atoms with Crippen LogP contribution in [0.15, 0.2) is 5.10 Å². The van der Waals surface area contributed by atoms with Gasteiger partial charge in [-0.2, -0.15) is 0 Å². The fourth-order valence-corrected chi connectivity index (χ4v) is 0.129. The number of rotatable bonds is 1. The molecule has 0 aromatic carbocycles. The lowest BCUT2D eigenvalue weighted by atomic mass is 11.1. The van der Waals surface area contributed by atoms with Crippen LogP contribution in [-0.2, 0) is 0 Å². The van der Waals surface area contributed by atoms with Crippen molar-refractivity contribution in [3.05, 3.63) is 0 Å². The number of guanidine groups is 1. The Kier molecular flexibility index (Phi) is 1.96. The zero-order valence-corrected chi connectivity index (χ0v) is 3.60. The van der Waals surface area contributed by atoms with E-state index in [1.165, 1.54) is 0 Å². The quantitative estimate of drug-likeness (QED) is 0.205. The standard InChI is InChI=1S/C2H8N4/c1-5-6-2(3)4/h5H,1H3,(H4,3,4,6). The third-order valence-electron chi connectivity index (χ3n) is 0.241. The Bertz CT molecular complexity index is 52.6. The second-order valence-electron chi connectivity index (χ2n) is 0.760. The Balaban J connectivity index is 3.14. The van der Waals surface area contributed by atoms with Crippen LogP contribution in [0.2, 0.25) is 0 Å². The molecule has 6 heavy (non-hydrogen) atoms. The summed E-state index contributed by atoms with van der Waals surface area (Å²) in [5.41, 5.74) is 12.1. The topological polar surface area (TPSA) is 76.4 Å². The highest BCUT2D eigenvalue weighted by molar-refractivity contribution is 5.75. The lowest BCUT2D eigenvalue weighted by molar-refractivity contribution is 0.893. The first-order valence-corrected chi connectivity index (χ1v) is 1.52. The molecule has 0 rings (SSSR count). The van der Waals surface area contributed by atoms with Gasteiger partial charge in [0, 0.05) is 7.05 Å². The summed E-state index contributed by atoms with van der Waals surface area (Å²) >= 11 is 0. The number of hydrazone groups is 1. The molecule has 0 aromatic heterocycles. The van der Waals surface area contributed by atoms with Crippen LogP contribution in [0.4, 0.5) is 0 Å². The summed E-state index contributed by atoms with van der Waals surface area (Å²) in [7, 11) is 1.62. The summed E-state index contributed by atoms with van der Waals surface area (Å²) < 4.78 is 0. The molecule has 4 heteroatoms. The number of nitrogens with two attached hydrogens (primary N) is 2. The van der Waals surface area contributed by atoms with Crippen molar-refractivity contribution in [3.63, 3.8) is 0 Å². The van der Waals surface area contributed by atoms with Crippen LogP contribution < -0.4 is 16.9 Å². The molecule has 0 saturated heterocycles. The maximum absolute atomic E-state index is 4.87. The van der Waals surface area contributed by atoms with E-state index >= 15 is 0 Å². The summed E-state index contributed by atoms with van der Waals surface area (Å²) in [6.45, 7) is 0. The monoisotopic (exact) mass is 88.1 g/mol. The van der Waals surface area contributed by atoms with Gasteiger partial charge < -0.3 is 16.9 Å². The van der Waals surface area contributed by atoms with Crippen molar-refractivity contribution >= 4 is 5.96 Å². The van der Waals surface area contributed by atoms with Gasteiger partial charge in [-0.3, -0.25) is 0 Å². The van der Waals surface area contributed by atoms with Crippen LogP contribution in [-0.4, -0.2) is 13.0 Å². The van der Waals surface area contributed by atoms with Crippen molar-refractivity contribution in [3.8, 4) is 0 Å². The van der Waals surface area contributed by atoms with Crippen LogP contribution in [0, 0.1) is 0 Å². The van der Waals surface area contributed by atoms with E-state index in [1.807, 2.05) is 0 Å². The van der Waals surface area contributed by atoms with E-state index in [0.29, 0.717) is 0 Å². The van der Waals surface area contributed by atoms with Gasteiger partial charge in [0.05, 0.1) is 0 Å². The first-order chi connectivity index (χ1) is 2.77. The number of nitrogens with one attached hydrogen (secondary N) is 1. The van der Waals surface area contributed by atoms with E-state index in [1.54, 1.807) is 7.05 Å². The molecule has 0 aliphatic rings. The van der Waals surface area contributed by atoms with Gasteiger partial charge in [-0.1, -0.05) is 0 Å². The van der Waals surface area contributed by atoms with Crippen LogP contribution >= 0.6 is 0 Å². The van der Waals surface area contributed by atoms with E-state index < -0.39 is 0 Å². The lowest BCUT2D eigenvalue weighted by Gasteiger charge is -1.85. The average molecular weight is 88.1 g/mol. The Hall–Kier alpha value is -0.930. The van der Waals surface area contributed by atoms with Gasteiger partial charge in [-0.15, -0.1) is 5.10 Å². The molecule has 0 unspecified atom stereocenters. The van der Waals surface area contributed by atoms with Crippen molar-refractivity contribution in [2.75, 3.05) is 7.05 Å². The smallest absolute Gasteiger partial charge is 0.208 e. The highest BCUT2D eigenvalue weighted by Crippen LogP contribution is 1.42. The van der Waals surface area contributed by atoms with Crippen molar-refractivity contribution < 1.29 is 0 Å². The Morgan fingerprint density at radius 3 is 2.17 bits per heavy atom. The van der Waals surface area contributed by atoms with E-state index in [0.717, 1.165) is 0 Å². The van der Waals surface area contributed by atoms with Crippen molar-refractivity contribution in [1.82, 2.24) is 5.43 Å². The summed E-state index contributed by atoms with van der Waals surface area (Å²) in [6, 6.07) is 0. The fourth-order valence-electron chi connectivity index (χ4n) is 0.129. The summed E-state index contributed by atoms with van der Waals surface area (Å²) in [6.07, 6.45) is 0. The van der Waals surface area contributed by atoms with E-state index in [-0.39, 0.29) is 5.96 Å². The predicted octanol–water partition coefficient (Wildman–Crippen LogP) is -1.61. The maximum atomic E-state index is 4.87. The number of nitrogens with zero attached hydrogens (tertiary/aromatic N) is 1. The fraction of sp³-hybridized carbons (Fsp3) is 0.500. The third kappa shape index (κ3) is 3.07. The van der Waals surface area contributed by atoms with Crippen molar-refractivity contribution in [2.45, 2.75) is 0 Å². The Morgan fingerprint density at radius 2 is 2.17 bits per heavy atom. The molecule has 0 amide bonds. The first kappa shape index (κ1) is 5.07. The lowest BCUT2D eigenvalue weighted by Crippen LogP contribution is -2.25. The molecule has 0 atom stereocenters. The average Bonchev–Trinajstić information content (AvgIpc) is 1.35. The predicted molar refractivity (Wildman–Crippen MR) is 24.9 cm³/mol. The van der Waals surface area contributed by atoms with E-state index in [9.17, 15) is 0 Å². The Labute approximate surface area is 36.2 Å². The van der Waals surface area contributed by atoms with Crippen LogP contribution in [0.5, 0.6) is 0 Å². The molecule has 0 radical (unpaired) electrons. The normalized spacial score (nSPS) is 6.83. The molecule has 0 aliphatic heterocycles. The summed E-state index contributed by atoms with van der Waals surface area (Å²) in [5, 5.41) is 3.35. The van der Waals surface area contributed by atoms with Crippen LogP contribution in [0.1, 0.15) is 0 Å². The second kappa shape index (κ2) is 2.32. The molecule has 0 aromatic rings. The SMILES string of the molecule is CNN=C(N)N. The highest BCUT2D eigenvalue weighted by Gasteiger charge is 1.66. The Morgan fingerprint density at radius 1 is 1.67 bits per heavy atom. The van der Waals surface area contributed by atoms with Gasteiger partial charge >= 0.3 is 0 Å². The summed E-state index contributed by atoms with van der Waals surface area (Å²) in [4.78, 5) is 0. The van der Waals surface area contributed by atoms with Crippen molar-refractivity contribution in [1.29, 1.82) is 0 Å². The van der Waals surface area contributed by atoms with Gasteiger partial charge in [-0.25, -0.2) is 0 Å². The molecule has 0 heterocycles. The van der Waals surface area contributed by atoms with E-state index in [2.05, 4.69) is 10.5 Å². The molecule has 36 valence electrons. The number of hydrogen-bond acceptors (Lipinski definition) is 2. The molecule has 0 fully saturated rings. The maximum Gasteiger partial charge on any atom is 0.208 e. The molecular weight excluding hydrogens is 80.1 g/mol. The van der Waals surface area contributed by atoms with Crippen LogP contribution in [0.3, 0.4) is 0 Å². The largest absolute Gasteiger partial charge is 0.369 e. The summed E-state index contributed by atoms with van der Waals surface area (Å²) in [5.74, 6) is 0.0532. The van der Waals surface area contributed by atoms with Crippen LogP contribution in [0.25, 0.3) is 0 Å². The molecular formula is C2H8N4. The molecule has 0 bridgehead atoms.